The third kappa shape index (κ3) is 4.04. The highest BCUT2D eigenvalue weighted by molar-refractivity contribution is 5.36. The van der Waals surface area contributed by atoms with Gasteiger partial charge in [-0.15, -0.1) is 0 Å². The van der Waals surface area contributed by atoms with Crippen molar-refractivity contribution in [1.82, 2.24) is 20.6 Å². The van der Waals surface area contributed by atoms with Crippen molar-refractivity contribution in [1.29, 1.82) is 0 Å². The molecule has 0 spiro atoms. The second-order valence-corrected chi connectivity index (χ2v) is 5.92. The van der Waals surface area contributed by atoms with Crippen molar-refractivity contribution in [2.75, 3.05) is 18.4 Å². The van der Waals surface area contributed by atoms with E-state index in [2.05, 4.69) is 33.1 Å². The SMILES string of the molecule is Cc1nonc1CNc1cccc(C[C@@H]2CCCNCC2)n1. The quantitative estimate of drug-likeness (QED) is 0.882. The number of nitrogens with one attached hydrogen (secondary N) is 2. The van der Waals surface area contributed by atoms with E-state index in [9.17, 15) is 0 Å². The molecule has 0 bridgehead atoms. The first kappa shape index (κ1) is 15.0. The van der Waals surface area contributed by atoms with Crippen LogP contribution in [0.15, 0.2) is 22.8 Å². The molecule has 0 aliphatic carbocycles. The number of rotatable bonds is 5. The maximum absolute atomic E-state index is 4.72. The van der Waals surface area contributed by atoms with Crippen LogP contribution in [0.2, 0.25) is 0 Å². The van der Waals surface area contributed by atoms with E-state index in [1.807, 2.05) is 13.0 Å². The van der Waals surface area contributed by atoms with Crippen molar-refractivity contribution in [2.24, 2.45) is 5.92 Å². The highest BCUT2D eigenvalue weighted by atomic mass is 16.6. The third-order valence-electron chi connectivity index (χ3n) is 4.18. The molecular weight excluding hydrogens is 278 g/mol. The fourth-order valence-electron chi connectivity index (χ4n) is 2.87. The minimum Gasteiger partial charge on any atom is -0.364 e. The Bertz CT molecular complexity index is 590. The van der Waals surface area contributed by atoms with Gasteiger partial charge in [0.15, 0.2) is 0 Å². The first-order valence-corrected chi connectivity index (χ1v) is 8.00. The van der Waals surface area contributed by atoms with Gasteiger partial charge in [0.05, 0.1) is 6.54 Å². The smallest absolute Gasteiger partial charge is 0.127 e. The van der Waals surface area contributed by atoms with Gasteiger partial charge in [-0.3, -0.25) is 0 Å². The Morgan fingerprint density at radius 2 is 2.23 bits per heavy atom. The van der Waals surface area contributed by atoms with Gasteiger partial charge in [0.1, 0.15) is 17.2 Å². The van der Waals surface area contributed by atoms with Crippen molar-refractivity contribution in [3.8, 4) is 0 Å². The molecular formula is C16H23N5O. The molecule has 2 aromatic rings. The molecule has 1 aliphatic heterocycles. The van der Waals surface area contributed by atoms with E-state index < -0.39 is 0 Å². The number of nitrogens with zero attached hydrogens (tertiary/aromatic N) is 3. The van der Waals surface area contributed by atoms with E-state index in [1.54, 1.807) is 0 Å². The Hall–Kier alpha value is -1.95. The average molecular weight is 301 g/mol. The maximum Gasteiger partial charge on any atom is 0.127 e. The molecule has 3 heterocycles. The van der Waals surface area contributed by atoms with E-state index in [4.69, 9.17) is 9.61 Å². The first-order chi connectivity index (χ1) is 10.8. The lowest BCUT2D eigenvalue weighted by Crippen LogP contribution is -2.14. The number of anilines is 1. The largest absolute Gasteiger partial charge is 0.364 e. The van der Waals surface area contributed by atoms with Crippen LogP contribution in [-0.4, -0.2) is 28.4 Å². The van der Waals surface area contributed by atoms with Crippen LogP contribution in [0.3, 0.4) is 0 Å². The first-order valence-electron chi connectivity index (χ1n) is 8.00. The number of aryl methyl sites for hydroxylation is 1. The summed E-state index contributed by atoms with van der Waals surface area (Å²) in [6, 6.07) is 6.17. The molecule has 0 aromatic carbocycles. The van der Waals surface area contributed by atoms with Gasteiger partial charge < -0.3 is 10.6 Å². The second-order valence-electron chi connectivity index (χ2n) is 5.92. The van der Waals surface area contributed by atoms with E-state index in [1.165, 1.54) is 19.3 Å². The van der Waals surface area contributed by atoms with E-state index in [-0.39, 0.29) is 0 Å². The fourth-order valence-corrected chi connectivity index (χ4v) is 2.87. The lowest BCUT2D eigenvalue weighted by molar-refractivity contribution is 0.301. The molecule has 3 rings (SSSR count). The molecule has 1 aliphatic rings. The molecule has 118 valence electrons. The van der Waals surface area contributed by atoms with Crippen LogP contribution in [0.25, 0.3) is 0 Å². The summed E-state index contributed by atoms with van der Waals surface area (Å²) < 4.78 is 4.70. The molecule has 22 heavy (non-hydrogen) atoms. The lowest BCUT2D eigenvalue weighted by Gasteiger charge is -2.13. The number of pyridine rings is 1. The Kier molecular flexibility index (Phi) is 5.00. The fraction of sp³-hybridized carbons (Fsp3) is 0.562. The minimum absolute atomic E-state index is 0.582. The summed E-state index contributed by atoms with van der Waals surface area (Å²) in [7, 11) is 0. The van der Waals surface area contributed by atoms with E-state index in [0.29, 0.717) is 6.54 Å². The van der Waals surface area contributed by atoms with Crippen LogP contribution >= 0.6 is 0 Å². The molecule has 0 amide bonds. The molecule has 2 aromatic heterocycles. The Morgan fingerprint density at radius 3 is 3.09 bits per heavy atom. The van der Waals surface area contributed by atoms with Gasteiger partial charge in [-0.05, 0) is 63.7 Å². The second kappa shape index (κ2) is 7.35. The molecule has 1 fully saturated rings. The highest BCUT2D eigenvalue weighted by Crippen LogP contribution is 2.19. The standard InChI is InChI=1S/C16H23N5O/c1-12-15(21-22-20-12)11-18-16-6-2-5-14(19-16)10-13-4-3-8-17-9-7-13/h2,5-6,13,17H,3-4,7-11H2,1H3,(H,18,19)/t13-/m1/s1. The maximum atomic E-state index is 4.72. The average Bonchev–Trinajstić information content (AvgIpc) is 2.77. The summed E-state index contributed by atoms with van der Waals surface area (Å²) in [5.41, 5.74) is 2.79. The van der Waals surface area contributed by atoms with Crippen LogP contribution in [0, 0.1) is 12.8 Å². The van der Waals surface area contributed by atoms with Crippen molar-refractivity contribution in [3.63, 3.8) is 0 Å². The highest BCUT2D eigenvalue weighted by Gasteiger charge is 2.13. The number of hydrogen-bond acceptors (Lipinski definition) is 6. The third-order valence-corrected chi connectivity index (χ3v) is 4.18. The van der Waals surface area contributed by atoms with Crippen LogP contribution in [0.5, 0.6) is 0 Å². The van der Waals surface area contributed by atoms with Gasteiger partial charge in [-0.2, -0.15) is 0 Å². The van der Waals surface area contributed by atoms with Crippen LogP contribution in [0.1, 0.15) is 36.3 Å². The predicted octanol–water partition coefficient (Wildman–Crippen LogP) is 2.32. The molecule has 0 unspecified atom stereocenters. The molecule has 2 N–H and O–H groups in total. The van der Waals surface area contributed by atoms with Crippen LogP contribution in [-0.2, 0) is 13.0 Å². The summed E-state index contributed by atoms with van der Waals surface area (Å²) in [5, 5.41) is 14.4. The Morgan fingerprint density at radius 1 is 1.27 bits per heavy atom. The van der Waals surface area contributed by atoms with Crippen molar-refractivity contribution in [3.05, 3.63) is 35.3 Å². The van der Waals surface area contributed by atoms with Crippen LogP contribution < -0.4 is 10.6 Å². The van der Waals surface area contributed by atoms with Gasteiger partial charge in [0.25, 0.3) is 0 Å². The molecule has 6 nitrogen and oxygen atoms in total. The van der Waals surface area contributed by atoms with Gasteiger partial charge >= 0.3 is 0 Å². The monoisotopic (exact) mass is 301 g/mol. The zero-order valence-electron chi connectivity index (χ0n) is 13.0. The molecule has 0 radical (unpaired) electrons. The summed E-state index contributed by atoms with van der Waals surface area (Å²) in [5.74, 6) is 1.62. The molecule has 1 saturated heterocycles. The van der Waals surface area contributed by atoms with E-state index >= 15 is 0 Å². The van der Waals surface area contributed by atoms with Crippen molar-refractivity contribution >= 4 is 5.82 Å². The normalized spacial score (nSPS) is 18.9. The topological polar surface area (TPSA) is 75.9 Å². The number of aromatic nitrogens is 3. The van der Waals surface area contributed by atoms with Gasteiger partial charge in [-0.1, -0.05) is 16.4 Å². The summed E-state index contributed by atoms with van der Waals surface area (Å²) in [6.07, 6.45) is 4.85. The zero-order valence-corrected chi connectivity index (χ0v) is 13.0. The van der Waals surface area contributed by atoms with E-state index in [0.717, 1.165) is 48.3 Å². The van der Waals surface area contributed by atoms with Crippen molar-refractivity contribution in [2.45, 2.75) is 39.2 Å². The lowest BCUT2D eigenvalue weighted by atomic mass is 9.95. The molecule has 0 saturated carbocycles. The predicted molar refractivity (Wildman–Crippen MR) is 84.5 cm³/mol. The summed E-state index contributed by atoms with van der Waals surface area (Å²) in [4.78, 5) is 4.72. The molecule has 1 atom stereocenters. The molecule has 6 heteroatoms. The van der Waals surface area contributed by atoms with Gasteiger partial charge in [-0.25, -0.2) is 9.61 Å². The Labute approximate surface area is 130 Å². The summed E-state index contributed by atoms with van der Waals surface area (Å²) in [6.45, 7) is 4.74. The number of hydrogen-bond donors (Lipinski definition) is 2. The summed E-state index contributed by atoms with van der Waals surface area (Å²) >= 11 is 0. The van der Waals surface area contributed by atoms with Gasteiger partial charge in [0.2, 0.25) is 0 Å². The van der Waals surface area contributed by atoms with Crippen molar-refractivity contribution < 1.29 is 4.63 Å². The Balaban J connectivity index is 1.58. The van der Waals surface area contributed by atoms with Gasteiger partial charge in [0, 0.05) is 5.69 Å². The van der Waals surface area contributed by atoms with Crippen LogP contribution in [0.4, 0.5) is 5.82 Å². The zero-order chi connectivity index (χ0) is 15.2. The minimum atomic E-state index is 0.582.